The second-order valence-electron chi connectivity index (χ2n) is 4.00. The average Bonchev–Trinajstić information content (AvgIpc) is 2.75. The minimum atomic E-state index is -0.993. The number of halogens is 2. The molecule has 0 bridgehead atoms. The summed E-state index contributed by atoms with van der Waals surface area (Å²) in [5.41, 5.74) is 0.258. The van der Waals surface area contributed by atoms with Crippen molar-refractivity contribution in [3.8, 4) is 0 Å². The van der Waals surface area contributed by atoms with Crippen molar-refractivity contribution in [1.82, 2.24) is 9.88 Å². The number of carboxylic acid groups (broad SMARTS) is 1. The van der Waals surface area contributed by atoms with E-state index in [9.17, 15) is 9.59 Å². The maximum Gasteiger partial charge on any atom is 0.326 e. The van der Waals surface area contributed by atoms with Crippen molar-refractivity contribution < 1.29 is 14.7 Å². The summed E-state index contributed by atoms with van der Waals surface area (Å²) in [6, 6.07) is 1.99. The summed E-state index contributed by atoms with van der Waals surface area (Å²) in [4.78, 5) is 28.3. The Morgan fingerprint density at radius 1 is 1.33 bits per heavy atom. The Hall–Kier alpha value is -1.33. The number of carbonyl (C=O) groups excluding carboxylic acids is 1. The fourth-order valence-electron chi connectivity index (χ4n) is 2.02. The molecule has 1 aromatic heterocycles. The van der Waals surface area contributed by atoms with E-state index in [1.165, 1.54) is 17.0 Å². The van der Waals surface area contributed by atoms with Gasteiger partial charge in [-0.05, 0) is 25.0 Å². The van der Waals surface area contributed by atoms with Crippen molar-refractivity contribution in [3.63, 3.8) is 0 Å². The van der Waals surface area contributed by atoms with Gasteiger partial charge in [0.05, 0.1) is 0 Å². The van der Waals surface area contributed by atoms with E-state index in [-0.39, 0.29) is 21.8 Å². The number of hydrogen-bond acceptors (Lipinski definition) is 3. The molecule has 0 radical (unpaired) electrons. The van der Waals surface area contributed by atoms with E-state index in [4.69, 9.17) is 28.3 Å². The molecule has 96 valence electrons. The normalized spacial score (nSPS) is 19.0. The summed E-state index contributed by atoms with van der Waals surface area (Å²) in [6.45, 7) is 0.424. The van der Waals surface area contributed by atoms with Crippen molar-refractivity contribution in [2.75, 3.05) is 6.54 Å². The molecule has 1 saturated heterocycles. The summed E-state index contributed by atoms with van der Waals surface area (Å²) in [6.07, 6.45) is 1.14. The second kappa shape index (κ2) is 5.12. The van der Waals surface area contributed by atoms with Gasteiger partial charge in [0.25, 0.3) is 5.91 Å². The van der Waals surface area contributed by atoms with Gasteiger partial charge in [-0.3, -0.25) is 4.79 Å². The molecular formula is C11H10Cl2N2O3. The van der Waals surface area contributed by atoms with Crippen LogP contribution < -0.4 is 0 Å². The Bertz CT molecular complexity index is 487. The van der Waals surface area contributed by atoms with Crippen molar-refractivity contribution >= 4 is 35.1 Å². The molecule has 0 unspecified atom stereocenters. The van der Waals surface area contributed by atoms with E-state index in [1.807, 2.05) is 0 Å². The molecule has 1 atom stereocenters. The largest absolute Gasteiger partial charge is 0.480 e. The molecule has 0 aliphatic carbocycles. The van der Waals surface area contributed by atoms with Crippen molar-refractivity contribution in [2.24, 2.45) is 0 Å². The van der Waals surface area contributed by atoms with Crippen LogP contribution in [0.15, 0.2) is 12.1 Å². The zero-order valence-corrected chi connectivity index (χ0v) is 10.8. The topological polar surface area (TPSA) is 70.5 Å². The SMILES string of the molecule is O=C(O)[C@@H]1CCCN1C(=O)c1cc(Cl)nc(Cl)c1. The average molecular weight is 289 g/mol. The van der Waals surface area contributed by atoms with Crippen molar-refractivity contribution in [3.05, 3.63) is 28.0 Å². The lowest BCUT2D eigenvalue weighted by Crippen LogP contribution is -2.40. The monoisotopic (exact) mass is 288 g/mol. The van der Waals surface area contributed by atoms with Gasteiger partial charge in [-0.2, -0.15) is 0 Å². The second-order valence-corrected chi connectivity index (χ2v) is 4.77. The van der Waals surface area contributed by atoms with Gasteiger partial charge in [0.1, 0.15) is 16.3 Å². The van der Waals surface area contributed by atoms with Crippen molar-refractivity contribution in [2.45, 2.75) is 18.9 Å². The van der Waals surface area contributed by atoms with Gasteiger partial charge in [-0.1, -0.05) is 23.2 Å². The maximum absolute atomic E-state index is 12.2. The summed E-state index contributed by atoms with van der Waals surface area (Å²) < 4.78 is 0. The van der Waals surface area contributed by atoms with E-state index in [0.29, 0.717) is 19.4 Å². The number of carboxylic acids is 1. The number of rotatable bonds is 2. The third-order valence-corrected chi connectivity index (χ3v) is 3.20. The van der Waals surface area contributed by atoms with Crippen molar-refractivity contribution in [1.29, 1.82) is 0 Å². The molecule has 1 aliphatic rings. The molecule has 0 aromatic carbocycles. The van der Waals surface area contributed by atoms with Crippen LogP contribution >= 0.6 is 23.2 Å². The molecule has 2 rings (SSSR count). The van der Waals surface area contributed by atoms with Crippen LogP contribution in [-0.2, 0) is 4.79 Å². The lowest BCUT2D eigenvalue weighted by atomic mass is 10.2. The molecule has 0 spiro atoms. The van der Waals surface area contributed by atoms with Gasteiger partial charge in [0, 0.05) is 12.1 Å². The predicted molar refractivity (Wildman–Crippen MR) is 66.0 cm³/mol. The lowest BCUT2D eigenvalue weighted by molar-refractivity contribution is -0.141. The first kappa shape index (κ1) is 13.1. The molecule has 5 nitrogen and oxygen atoms in total. The highest BCUT2D eigenvalue weighted by molar-refractivity contribution is 6.33. The molecule has 2 heterocycles. The number of amides is 1. The Kier molecular flexibility index (Phi) is 3.73. The first-order valence-electron chi connectivity index (χ1n) is 5.36. The highest BCUT2D eigenvalue weighted by atomic mass is 35.5. The van der Waals surface area contributed by atoms with Gasteiger partial charge < -0.3 is 10.0 Å². The zero-order chi connectivity index (χ0) is 13.3. The van der Waals surface area contributed by atoms with Crippen LogP contribution in [0.1, 0.15) is 23.2 Å². The fraction of sp³-hybridized carbons (Fsp3) is 0.364. The molecule has 1 fully saturated rings. The van der Waals surface area contributed by atoms with Crippen LogP contribution in [0.3, 0.4) is 0 Å². The van der Waals surface area contributed by atoms with E-state index in [2.05, 4.69) is 4.98 Å². The summed E-state index contributed by atoms with van der Waals surface area (Å²) in [5.74, 6) is -1.38. The van der Waals surface area contributed by atoms with Crippen LogP contribution in [0.2, 0.25) is 10.3 Å². The van der Waals surface area contributed by atoms with E-state index in [1.54, 1.807) is 0 Å². The third-order valence-electron chi connectivity index (χ3n) is 2.81. The number of nitrogens with zero attached hydrogens (tertiary/aromatic N) is 2. The van der Waals surface area contributed by atoms with Crippen LogP contribution in [0.5, 0.6) is 0 Å². The quantitative estimate of drug-likeness (QED) is 0.846. The number of pyridine rings is 1. The van der Waals surface area contributed by atoms with Gasteiger partial charge in [-0.15, -0.1) is 0 Å². The smallest absolute Gasteiger partial charge is 0.326 e. The molecule has 1 N–H and O–H groups in total. The summed E-state index contributed by atoms with van der Waals surface area (Å²) in [5, 5.41) is 9.25. The van der Waals surface area contributed by atoms with Crippen LogP contribution in [0, 0.1) is 0 Å². The minimum absolute atomic E-state index is 0.108. The lowest BCUT2D eigenvalue weighted by Gasteiger charge is -2.21. The standard InChI is InChI=1S/C11H10Cl2N2O3/c12-8-4-6(5-9(13)14-8)10(16)15-3-1-2-7(15)11(17)18/h4-5,7H,1-3H2,(H,17,18)/t7-/m0/s1. The number of carbonyl (C=O) groups is 2. The highest BCUT2D eigenvalue weighted by Crippen LogP contribution is 2.22. The number of hydrogen-bond donors (Lipinski definition) is 1. The number of aliphatic carboxylic acids is 1. The Morgan fingerprint density at radius 3 is 2.50 bits per heavy atom. The summed E-state index contributed by atoms with van der Waals surface area (Å²) >= 11 is 11.4. The molecule has 1 amide bonds. The fourth-order valence-corrected chi connectivity index (χ4v) is 2.48. The molecule has 1 aliphatic heterocycles. The highest BCUT2D eigenvalue weighted by Gasteiger charge is 2.34. The Balaban J connectivity index is 2.28. The third kappa shape index (κ3) is 2.57. The van der Waals surface area contributed by atoms with Gasteiger partial charge in [0.15, 0.2) is 0 Å². The van der Waals surface area contributed by atoms with Crippen LogP contribution in [0.4, 0.5) is 0 Å². The Morgan fingerprint density at radius 2 is 1.94 bits per heavy atom. The minimum Gasteiger partial charge on any atom is -0.480 e. The first-order chi connectivity index (χ1) is 8.49. The predicted octanol–water partition coefficient (Wildman–Crippen LogP) is 2.08. The van der Waals surface area contributed by atoms with Gasteiger partial charge in [0.2, 0.25) is 0 Å². The Labute approximate surface area is 113 Å². The van der Waals surface area contributed by atoms with E-state index < -0.39 is 12.0 Å². The summed E-state index contributed by atoms with van der Waals surface area (Å²) in [7, 11) is 0. The molecule has 18 heavy (non-hydrogen) atoms. The molecule has 0 saturated carbocycles. The molecular weight excluding hydrogens is 279 g/mol. The zero-order valence-electron chi connectivity index (χ0n) is 9.27. The number of aromatic nitrogens is 1. The molecule has 1 aromatic rings. The van der Waals surface area contributed by atoms with Crippen LogP contribution in [-0.4, -0.2) is 39.5 Å². The maximum atomic E-state index is 12.2. The van der Waals surface area contributed by atoms with E-state index >= 15 is 0 Å². The van der Waals surface area contributed by atoms with E-state index in [0.717, 1.165) is 0 Å². The van der Waals surface area contributed by atoms with Crippen LogP contribution in [0.25, 0.3) is 0 Å². The van der Waals surface area contributed by atoms with Gasteiger partial charge >= 0.3 is 5.97 Å². The van der Waals surface area contributed by atoms with Gasteiger partial charge in [-0.25, -0.2) is 9.78 Å². The first-order valence-corrected chi connectivity index (χ1v) is 6.11. The molecule has 7 heteroatoms. The number of likely N-dealkylation sites (tertiary alicyclic amines) is 1.